The lowest BCUT2D eigenvalue weighted by Crippen LogP contribution is -1.94. The van der Waals surface area contributed by atoms with Gasteiger partial charge in [0.05, 0.1) is 0 Å². The number of anilines is 1. The lowest BCUT2D eigenvalue weighted by molar-refractivity contribution is 0.386. The highest BCUT2D eigenvalue weighted by atomic mass is 16.5. The summed E-state index contributed by atoms with van der Waals surface area (Å²) in [6.45, 7) is 2.01. The van der Waals surface area contributed by atoms with E-state index in [0.29, 0.717) is 5.82 Å². The fraction of sp³-hybridized carbons (Fsp3) is 0.0909. The number of rotatable bonds is 1. The SMILES string of the molecule is Cc1cccn2c1nc1ccc(NO)nc12. The van der Waals surface area contributed by atoms with E-state index in [1.807, 2.05) is 41.2 Å². The molecule has 5 nitrogen and oxygen atoms in total. The Labute approximate surface area is 91.3 Å². The predicted molar refractivity (Wildman–Crippen MR) is 60.6 cm³/mol. The summed E-state index contributed by atoms with van der Waals surface area (Å²) in [6, 6.07) is 7.47. The lowest BCUT2D eigenvalue weighted by Gasteiger charge is -1.98. The minimum atomic E-state index is 0.413. The number of hydrogen-bond acceptors (Lipinski definition) is 4. The summed E-state index contributed by atoms with van der Waals surface area (Å²) in [5.74, 6) is 0.413. The molecule has 2 N–H and O–H groups in total. The molecule has 3 aromatic rings. The molecule has 0 radical (unpaired) electrons. The van der Waals surface area contributed by atoms with Gasteiger partial charge in [-0.1, -0.05) is 6.07 Å². The molecule has 0 aromatic carbocycles. The second-order valence-corrected chi connectivity index (χ2v) is 3.65. The van der Waals surface area contributed by atoms with Gasteiger partial charge in [0.15, 0.2) is 11.5 Å². The molecule has 16 heavy (non-hydrogen) atoms. The Hall–Kier alpha value is -2.14. The van der Waals surface area contributed by atoms with Crippen LogP contribution in [0.3, 0.4) is 0 Å². The van der Waals surface area contributed by atoms with Crippen LogP contribution in [0.2, 0.25) is 0 Å². The summed E-state index contributed by atoms with van der Waals surface area (Å²) in [5, 5.41) is 8.82. The molecular weight excluding hydrogens is 204 g/mol. The van der Waals surface area contributed by atoms with Crippen molar-refractivity contribution < 1.29 is 5.21 Å². The van der Waals surface area contributed by atoms with E-state index in [0.717, 1.165) is 22.4 Å². The quantitative estimate of drug-likeness (QED) is 0.608. The highest BCUT2D eigenvalue weighted by Gasteiger charge is 2.07. The monoisotopic (exact) mass is 214 g/mol. The Bertz CT molecular complexity index is 674. The van der Waals surface area contributed by atoms with Crippen LogP contribution in [0.15, 0.2) is 30.5 Å². The number of aryl methyl sites for hydroxylation is 1. The topological polar surface area (TPSA) is 62.5 Å². The second-order valence-electron chi connectivity index (χ2n) is 3.65. The van der Waals surface area contributed by atoms with Crippen molar-refractivity contribution in [3.8, 4) is 0 Å². The van der Waals surface area contributed by atoms with Crippen LogP contribution in [0.1, 0.15) is 5.56 Å². The van der Waals surface area contributed by atoms with E-state index in [1.54, 1.807) is 6.07 Å². The number of nitrogens with zero attached hydrogens (tertiary/aromatic N) is 3. The summed E-state index contributed by atoms with van der Waals surface area (Å²) in [5.41, 5.74) is 5.57. The van der Waals surface area contributed by atoms with Crippen LogP contribution in [0, 0.1) is 6.92 Å². The number of imidazole rings is 1. The van der Waals surface area contributed by atoms with E-state index < -0.39 is 0 Å². The van der Waals surface area contributed by atoms with Gasteiger partial charge in [-0.15, -0.1) is 0 Å². The summed E-state index contributed by atoms with van der Waals surface area (Å²) < 4.78 is 1.91. The summed E-state index contributed by atoms with van der Waals surface area (Å²) in [7, 11) is 0. The van der Waals surface area contributed by atoms with Crippen LogP contribution >= 0.6 is 0 Å². The molecule has 0 bridgehead atoms. The minimum absolute atomic E-state index is 0.413. The first kappa shape index (κ1) is 9.11. The van der Waals surface area contributed by atoms with Gasteiger partial charge in [-0.05, 0) is 30.7 Å². The average molecular weight is 214 g/mol. The van der Waals surface area contributed by atoms with E-state index in [1.165, 1.54) is 0 Å². The maximum Gasteiger partial charge on any atom is 0.166 e. The fourth-order valence-electron chi connectivity index (χ4n) is 1.80. The Morgan fingerprint density at radius 2 is 2.06 bits per heavy atom. The summed E-state index contributed by atoms with van der Waals surface area (Å²) in [4.78, 5) is 8.74. The smallest absolute Gasteiger partial charge is 0.166 e. The molecule has 3 aromatic heterocycles. The lowest BCUT2D eigenvalue weighted by atomic mass is 10.3. The van der Waals surface area contributed by atoms with E-state index >= 15 is 0 Å². The van der Waals surface area contributed by atoms with Crippen LogP contribution < -0.4 is 5.48 Å². The summed E-state index contributed by atoms with van der Waals surface area (Å²) >= 11 is 0. The molecule has 0 amide bonds. The van der Waals surface area contributed by atoms with Gasteiger partial charge in [0.25, 0.3) is 0 Å². The van der Waals surface area contributed by atoms with Crippen LogP contribution in [-0.4, -0.2) is 19.6 Å². The van der Waals surface area contributed by atoms with Crippen molar-refractivity contribution in [2.45, 2.75) is 6.92 Å². The van der Waals surface area contributed by atoms with Gasteiger partial charge in [-0.25, -0.2) is 9.97 Å². The van der Waals surface area contributed by atoms with Gasteiger partial charge in [-0.2, -0.15) is 0 Å². The molecular formula is C11H10N4O. The van der Waals surface area contributed by atoms with Crippen molar-refractivity contribution in [2.24, 2.45) is 0 Å². The third-order valence-electron chi connectivity index (χ3n) is 2.59. The van der Waals surface area contributed by atoms with Gasteiger partial charge in [0.2, 0.25) is 0 Å². The van der Waals surface area contributed by atoms with Crippen LogP contribution in [-0.2, 0) is 0 Å². The van der Waals surface area contributed by atoms with Gasteiger partial charge in [0.1, 0.15) is 11.2 Å². The van der Waals surface area contributed by atoms with Crippen molar-refractivity contribution in [2.75, 3.05) is 5.48 Å². The van der Waals surface area contributed by atoms with Gasteiger partial charge < -0.3 is 0 Å². The first-order valence-corrected chi connectivity index (χ1v) is 4.94. The molecule has 0 aliphatic carbocycles. The molecule has 0 aliphatic heterocycles. The number of aromatic nitrogens is 3. The van der Waals surface area contributed by atoms with Gasteiger partial charge in [-0.3, -0.25) is 15.1 Å². The van der Waals surface area contributed by atoms with Crippen molar-refractivity contribution in [1.29, 1.82) is 0 Å². The number of hydrogen-bond donors (Lipinski definition) is 2. The molecule has 3 rings (SSSR count). The van der Waals surface area contributed by atoms with Crippen LogP contribution in [0.25, 0.3) is 16.8 Å². The summed E-state index contributed by atoms with van der Waals surface area (Å²) in [6.07, 6.45) is 1.91. The molecule has 0 spiro atoms. The largest absolute Gasteiger partial charge is 0.290 e. The highest BCUT2D eigenvalue weighted by molar-refractivity contribution is 5.79. The molecule has 3 heterocycles. The minimum Gasteiger partial charge on any atom is -0.290 e. The number of pyridine rings is 2. The fourth-order valence-corrected chi connectivity index (χ4v) is 1.80. The van der Waals surface area contributed by atoms with E-state index in [9.17, 15) is 0 Å². The van der Waals surface area contributed by atoms with Crippen LogP contribution in [0.4, 0.5) is 5.82 Å². The zero-order chi connectivity index (χ0) is 11.1. The molecule has 0 saturated carbocycles. The van der Waals surface area contributed by atoms with E-state index in [2.05, 4.69) is 9.97 Å². The average Bonchev–Trinajstić information content (AvgIpc) is 2.68. The molecule has 5 heteroatoms. The van der Waals surface area contributed by atoms with Crippen molar-refractivity contribution in [3.63, 3.8) is 0 Å². The van der Waals surface area contributed by atoms with Crippen LogP contribution in [0.5, 0.6) is 0 Å². The molecule has 0 aliphatic rings. The molecule has 80 valence electrons. The Morgan fingerprint density at radius 3 is 2.88 bits per heavy atom. The van der Waals surface area contributed by atoms with Gasteiger partial charge >= 0.3 is 0 Å². The standard InChI is InChI=1S/C11H10N4O/c1-7-3-2-6-15-10(7)12-8-4-5-9(14-16)13-11(8)15/h2-6,16H,1H3,(H,13,14). The number of fused-ring (bicyclic) bond motifs is 3. The van der Waals surface area contributed by atoms with Crippen molar-refractivity contribution in [1.82, 2.24) is 14.4 Å². The van der Waals surface area contributed by atoms with E-state index in [4.69, 9.17) is 5.21 Å². The Balaban J connectivity index is 2.47. The molecule has 0 atom stereocenters. The zero-order valence-corrected chi connectivity index (χ0v) is 8.68. The predicted octanol–water partition coefficient (Wildman–Crippen LogP) is 1.99. The third-order valence-corrected chi connectivity index (χ3v) is 2.59. The normalized spacial score (nSPS) is 11.1. The first-order chi connectivity index (χ1) is 7.79. The Kier molecular flexibility index (Phi) is 1.81. The van der Waals surface area contributed by atoms with Gasteiger partial charge in [0, 0.05) is 6.20 Å². The Morgan fingerprint density at radius 1 is 1.19 bits per heavy atom. The first-order valence-electron chi connectivity index (χ1n) is 4.94. The van der Waals surface area contributed by atoms with E-state index in [-0.39, 0.29) is 0 Å². The maximum absolute atomic E-state index is 8.82. The number of nitrogens with one attached hydrogen (secondary N) is 1. The maximum atomic E-state index is 8.82. The molecule has 0 fully saturated rings. The molecule has 0 saturated heterocycles. The highest BCUT2D eigenvalue weighted by Crippen LogP contribution is 2.18. The van der Waals surface area contributed by atoms with Crippen molar-refractivity contribution >= 4 is 22.6 Å². The molecule has 0 unspecified atom stereocenters. The second kappa shape index (κ2) is 3.18. The zero-order valence-electron chi connectivity index (χ0n) is 8.68. The third kappa shape index (κ3) is 1.15. The van der Waals surface area contributed by atoms with Crippen molar-refractivity contribution in [3.05, 3.63) is 36.0 Å².